The maximum atomic E-state index is 13.2. The van der Waals surface area contributed by atoms with E-state index in [1.807, 2.05) is 9.80 Å². The largest absolute Gasteiger partial charge is 0.377 e. The molecule has 0 aromatic rings. The van der Waals surface area contributed by atoms with Crippen molar-refractivity contribution in [1.29, 1.82) is 0 Å². The number of hydrogen-bond acceptors (Lipinski definition) is 9. The smallest absolute Gasteiger partial charge is 0.160 e. The summed E-state index contributed by atoms with van der Waals surface area (Å²) in [5, 5.41) is 0. The van der Waals surface area contributed by atoms with Gasteiger partial charge in [0.15, 0.2) is 25.5 Å². The van der Waals surface area contributed by atoms with Gasteiger partial charge in [-0.25, -0.2) is 16.8 Å². The Morgan fingerprint density at radius 3 is 1.47 bits per heavy atom. The van der Waals surface area contributed by atoms with E-state index in [-0.39, 0.29) is 66.2 Å². The van der Waals surface area contributed by atoms with Crippen LogP contribution < -0.4 is 0 Å². The first-order chi connectivity index (χ1) is 15.2. The van der Waals surface area contributed by atoms with Crippen molar-refractivity contribution >= 4 is 25.5 Å². The van der Waals surface area contributed by atoms with Crippen LogP contribution in [-0.4, -0.2) is 119 Å². The molecule has 11 heteroatoms. The first-order valence-corrected chi connectivity index (χ1v) is 15.5. The maximum absolute atomic E-state index is 13.2. The Labute approximate surface area is 191 Å². The van der Waals surface area contributed by atoms with Crippen LogP contribution >= 0.6 is 0 Å². The molecule has 0 aliphatic carbocycles. The first-order valence-electron chi connectivity index (χ1n) is 11.8. The van der Waals surface area contributed by atoms with Crippen molar-refractivity contribution in [3.05, 3.63) is 0 Å². The fourth-order valence-electron chi connectivity index (χ4n) is 5.41. The van der Waals surface area contributed by atoms with Gasteiger partial charge in [-0.15, -0.1) is 0 Å². The van der Waals surface area contributed by atoms with Gasteiger partial charge in [0.1, 0.15) is 0 Å². The summed E-state index contributed by atoms with van der Waals surface area (Å²) < 4.78 is 59.7. The van der Waals surface area contributed by atoms with Gasteiger partial charge < -0.3 is 9.47 Å². The molecule has 0 spiro atoms. The third-order valence-electron chi connectivity index (χ3n) is 7.13. The van der Waals surface area contributed by atoms with E-state index in [1.54, 1.807) is 0 Å². The molecule has 32 heavy (non-hydrogen) atoms. The number of hydrogen-bond donors (Lipinski definition) is 0. The molecule has 4 aliphatic rings. The summed E-state index contributed by atoms with van der Waals surface area (Å²) in [6.07, 6.45) is 4.99. The molecule has 0 aromatic heterocycles. The third kappa shape index (κ3) is 6.73. The zero-order valence-electron chi connectivity index (χ0n) is 18.7. The summed E-state index contributed by atoms with van der Waals surface area (Å²) in [5.74, 6) is 0.508. The van der Waals surface area contributed by atoms with E-state index in [2.05, 4.69) is 0 Å². The average molecular weight is 493 g/mol. The quantitative estimate of drug-likeness (QED) is 0.412. The number of sulfone groups is 2. The number of carbonyl (C=O) groups excluding carboxylic acids is 1. The predicted octanol–water partition coefficient (Wildman–Crippen LogP) is -0.108. The molecule has 9 nitrogen and oxygen atoms in total. The van der Waals surface area contributed by atoms with Crippen LogP contribution in [0, 0.1) is 0 Å². The minimum Gasteiger partial charge on any atom is -0.377 e. The highest BCUT2D eigenvalue weighted by Gasteiger charge is 2.37. The lowest BCUT2D eigenvalue weighted by atomic mass is 10.1. The van der Waals surface area contributed by atoms with E-state index in [0.29, 0.717) is 39.1 Å². The van der Waals surface area contributed by atoms with Crippen molar-refractivity contribution in [1.82, 2.24) is 9.80 Å². The van der Waals surface area contributed by atoms with Gasteiger partial charge in [-0.05, 0) is 38.5 Å². The molecule has 0 N–H and O–H groups in total. The van der Waals surface area contributed by atoms with Crippen molar-refractivity contribution in [2.75, 3.05) is 62.4 Å². The van der Waals surface area contributed by atoms with Crippen LogP contribution in [0.1, 0.15) is 38.5 Å². The Morgan fingerprint density at radius 1 is 0.719 bits per heavy atom. The Balaban J connectivity index is 1.41. The van der Waals surface area contributed by atoms with Crippen molar-refractivity contribution < 1.29 is 31.1 Å². The van der Waals surface area contributed by atoms with Crippen molar-refractivity contribution in [2.24, 2.45) is 0 Å². The maximum Gasteiger partial charge on any atom is 0.160 e. The molecule has 4 fully saturated rings. The number of carbonyl (C=O) groups is 1. The highest BCUT2D eigenvalue weighted by Crippen LogP contribution is 2.23. The second kappa shape index (κ2) is 10.4. The third-order valence-corrected chi connectivity index (χ3v) is 10.6. The minimum absolute atomic E-state index is 0.00501. The highest BCUT2D eigenvalue weighted by atomic mass is 32.2. The molecule has 0 radical (unpaired) electrons. The zero-order valence-corrected chi connectivity index (χ0v) is 20.3. The van der Waals surface area contributed by atoms with Crippen molar-refractivity contribution in [3.63, 3.8) is 0 Å². The van der Waals surface area contributed by atoms with E-state index in [4.69, 9.17) is 9.47 Å². The highest BCUT2D eigenvalue weighted by molar-refractivity contribution is 7.91. The molecule has 0 unspecified atom stereocenters. The number of Topliss-reactive ketones (excluding diaryl/α,β-unsaturated/α-hetero) is 1. The number of ether oxygens (including phenoxy) is 2. The summed E-state index contributed by atoms with van der Waals surface area (Å²) in [4.78, 5) is 17.2. The summed E-state index contributed by atoms with van der Waals surface area (Å²) in [5.41, 5.74) is 0. The Morgan fingerprint density at radius 2 is 1.16 bits per heavy atom. The standard InChI is InChI=1S/C21H36N2O7S2/c24-19(11-22(13-20-3-1-7-29-20)17-5-9-31(25,26)15-17)12-23(14-21-4-2-8-30-21)18-6-10-32(27,28)16-18/h17-18,20-21H,1-16H2/t17-,18-,20-,21+/m1/s1. The molecule has 0 amide bonds. The predicted molar refractivity (Wildman–Crippen MR) is 120 cm³/mol. The monoisotopic (exact) mass is 492 g/mol. The molecule has 0 aromatic carbocycles. The Hall–Kier alpha value is -0.590. The topological polar surface area (TPSA) is 110 Å². The Bertz CT molecular complexity index is 795. The number of ketones is 1. The molecule has 4 atom stereocenters. The second-order valence-corrected chi connectivity index (χ2v) is 14.2. The van der Waals surface area contributed by atoms with Gasteiger partial charge in [-0.1, -0.05) is 0 Å². The van der Waals surface area contributed by atoms with E-state index in [1.165, 1.54) is 0 Å². The van der Waals surface area contributed by atoms with E-state index >= 15 is 0 Å². The van der Waals surface area contributed by atoms with Crippen LogP contribution in [0.5, 0.6) is 0 Å². The van der Waals surface area contributed by atoms with Gasteiger partial charge in [-0.2, -0.15) is 0 Å². The summed E-state index contributed by atoms with van der Waals surface area (Å²) >= 11 is 0. The van der Waals surface area contributed by atoms with E-state index in [9.17, 15) is 21.6 Å². The molecule has 4 heterocycles. The average Bonchev–Trinajstić information content (AvgIpc) is 3.49. The molecule has 4 saturated heterocycles. The lowest BCUT2D eigenvalue weighted by Gasteiger charge is -2.32. The summed E-state index contributed by atoms with van der Waals surface area (Å²) in [7, 11) is -6.12. The van der Waals surface area contributed by atoms with Crippen LogP contribution in [0.25, 0.3) is 0 Å². The van der Waals surface area contributed by atoms with Crippen LogP contribution in [0.2, 0.25) is 0 Å². The van der Waals surface area contributed by atoms with Gasteiger partial charge in [0, 0.05) is 38.4 Å². The van der Waals surface area contributed by atoms with Gasteiger partial charge >= 0.3 is 0 Å². The number of rotatable bonds is 10. The molecular weight excluding hydrogens is 456 g/mol. The van der Waals surface area contributed by atoms with Crippen molar-refractivity contribution in [2.45, 2.75) is 62.8 Å². The normalized spacial score (nSPS) is 34.1. The van der Waals surface area contributed by atoms with E-state index in [0.717, 1.165) is 25.7 Å². The van der Waals surface area contributed by atoms with Crippen LogP contribution in [0.3, 0.4) is 0 Å². The minimum atomic E-state index is -3.06. The van der Waals surface area contributed by atoms with Crippen LogP contribution in [0.4, 0.5) is 0 Å². The first kappa shape index (κ1) is 24.5. The molecule has 4 aliphatic heterocycles. The number of nitrogens with zero attached hydrogens (tertiary/aromatic N) is 2. The SMILES string of the molecule is O=C(CN(C[C@H]1CCCO1)[C@@H]1CCS(=O)(=O)C1)CN(C[C@@H]1CCCO1)[C@@H]1CCS(=O)(=O)C1. The van der Waals surface area contributed by atoms with Crippen molar-refractivity contribution in [3.8, 4) is 0 Å². The summed E-state index contributed by atoms with van der Waals surface area (Å²) in [6, 6.07) is -0.321. The summed E-state index contributed by atoms with van der Waals surface area (Å²) in [6.45, 7) is 2.88. The fourth-order valence-corrected chi connectivity index (χ4v) is 8.94. The van der Waals surface area contributed by atoms with Crippen LogP contribution in [-0.2, 0) is 33.9 Å². The fraction of sp³-hybridized carbons (Fsp3) is 0.952. The van der Waals surface area contributed by atoms with Gasteiger partial charge in [-0.3, -0.25) is 14.6 Å². The lowest BCUT2D eigenvalue weighted by Crippen LogP contribution is -2.49. The van der Waals surface area contributed by atoms with Crippen LogP contribution in [0.15, 0.2) is 0 Å². The molecule has 0 saturated carbocycles. The molecule has 184 valence electrons. The van der Waals surface area contributed by atoms with E-state index < -0.39 is 19.7 Å². The van der Waals surface area contributed by atoms with Gasteiger partial charge in [0.05, 0.1) is 48.3 Å². The molecule has 0 bridgehead atoms. The Kier molecular flexibility index (Phi) is 7.94. The second-order valence-electron chi connectivity index (χ2n) is 9.78. The van der Waals surface area contributed by atoms with Gasteiger partial charge in [0.2, 0.25) is 0 Å². The molecule has 4 rings (SSSR count). The lowest BCUT2D eigenvalue weighted by molar-refractivity contribution is -0.123. The molecular formula is C21H36N2O7S2. The zero-order chi connectivity index (χ0) is 22.8. The van der Waals surface area contributed by atoms with Gasteiger partial charge in [0.25, 0.3) is 0 Å².